The van der Waals surface area contributed by atoms with E-state index in [-0.39, 0.29) is 30.4 Å². The summed E-state index contributed by atoms with van der Waals surface area (Å²) >= 11 is 0. The van der Waals surface area contributed by atoms with Crippen molar-refractivity contribution in [3.8, 4) is 28.7 Å². The summed E-state index contributed by atoms with van der Waals surface area (Å²) in [5.41, 5.74) is 6.93. The van der Waals surface area contributed by atoms with Crippen LogP contribution in [0.4, 0.5) is 17.1 Å². The number of nitrogens with zero attached hydrogens (tertiary/aromatic N) is 4. The Labute approximate surface area is 353 Å². The first-order chi connectivity index (χ1) is 29.7. The summed E-state index contributed by atoms with van der Waals surface area (Å²) < 4.78 is 28.8. The van der Waals surface area contributed by atoms with E-state index in [0.717, 1.165) is 40.0 Å². The van der Waals surface area contributed by atoms with E-state index >= 15 is 0 Å². The maximum atomic E-state index is 13.8. The molecule has 0 spiro atoms. The van der Waals surface area contributed by atoms with Crippen LogP contribution < -0.4 is 34.3 Å². The van der Waals surface area contributed by atoms with Crippen LogP contribution in [0.5, 0.6) is 28.7 Å². The first-order valence-corrected chi connectivity index (χ1v) is 19.6. The number of benzene rings is 4. The van der Waals surface area contributed by atoms with Crippen LogP contribution in [0.1, 0.15) is 46.3 Å². The number of amides is 4. The van der Waals surface area contributed by atoms with Gasteiger partial charge in [-0.2, -0.15) is 0 Å². The Morgan fingerprint density at radius 2 is 1.51 bits per heavy atom. The summed E-state index contributed by atoms with van der Waals surface area (Å²) in [5, 5.41) is 5.05. The molecule has 7 rings (SSSR count). The van der Waals surface area contributed by atoms with Gasteiger partial charge in [0.15, 0.2) is 23.0 Å². The maximum absolute atomic E-state index is 13.8. The molecule has 0 fully saturated rings. The van der Waals surface area contributed by atoms with Crippen LogP contribution in [-0.2, 0) is 14.4 Å². The topological polar surface area (TPSA) is 170 Å². The minimum absolute atomic E-state index is 0.121. The lowest BCUT2D eigenvalue weighted by Crippen LogP contribution is -2.32. The third kappa shape index (κ3) is 9.57. The van der Waals surface area contributed by atoms with E-state index in [4.69, 9.17) is 33.7 Å². The van der Waals surface area contributed by atoms with Crippen molar-refractivity contribution in [3.05, 3.63) is 107 Å². The molecule has 4 amide bonds. The Morgan fingerprint density at radius 3 is 2.18 bits per heavy atom. The van der Waals surface area contributed by atoms with Gasteiger partial charge in [-0.15, -0.1) is 0 Å². The number of aliphatic imine (C=N–C) groups is 2. The van der Waals surface area contributed by atoms with Crippen LogP contribution in [-0.4, -0.2) is 100 Å². The molecule has 3 heterocycles. The number of carbonyl (C=O) groups is 4. The van der Waals surface area contributed by atoms with E-state index < -0.39 is 0 Å². The van der Waals surface area contributed by atoms with Gasteiger partial charge in [0.1, 0.15) is 5.75 Å². The number of rotatable bonds is 18. The van der Waals surface area contributed by atoms with Gasteiger partial charge in [0.2, 0.25) is 18.7 Å². The molecule has 61 heavy (non-hydrogen) atoms. The lowest BCUT2D eigenvalue weighted by atomic mass is 10.0. The fraction of sp³-hybridized carbons (Fsp3) is 0.261. The normalized spacial score (nSPS) is 16.6. The fourth-order valence-corrected chi connectivity index (χ4v) is 7.23. The average molecular weight is 827 g/mol. The molecule has 2 atom stereocenters. The van der Waals surface area contributed by atoms with E-state index in [1.165, 1.54) is 7.11 Å². The zero-order chi connectivity index (χ0) is 42.9. The molecule has 4 aromatic carbocycles. The van der Waals surface area contributed by atoms with Gasteiger partial charge in [-0.05, 0) is 71.2 Å². The summed E-state index contributed by atoms with van der Waals surface area (Å²) in [7, 11) is 4.74. The summed E-state index contributed by atoms with van der Waals surface area (Å²) in [6.07, 6.45) is 10.2. The van der Waals surface area contributed by atoms with Crippen molar-refractivity contribution < 1.29 is 42.9 Å². The minimum Gasteiger partial charge on any atom is -0.497 e. The molecule has 2 unspecified atom stereocenters. The zero-order valence-electron chi connectivity index (χ0n) is 34.3. The molecule has 0 saturated heterocycles. The standard InChI is InChI=1S/C46H46N6O9/c1-29-16-41(58-3)43(20-39(29)48-22-35-17-32(25-51(35)28-54)30-6-10-34(11-7-30)50-45(55)24-47-27-53)60-14-5-15-61-44-21-40-38(19-42(44)59-4)46(56)52-26-33(18-36(52)23-49-40)31-8-12-37(57-2)13-9-31/h6-13,16,19-23,25-28,35-36H,5,14-15,17-18,24H2,1-4H3,(H,47,53)(H,50,55). The number of nitrogens with one attached hydrogen (secondary N) is 2. The van der Waals surface area contributed by atoms with E-state index in [2.05, 4.69) is 10.6 Å². The number of ether oxygens (including phenoxy) is 5. The number of fused-ring (bicyclic) bond motifs is 2. The van der Waals surface area contributed by atoms with Gasteiger partial charge in [-0.3, -0.25) is 29.2 Å². The third-order valence-corrected chi connectivity index (χ3v) is 10.5. The SMILES string of the molecule is COc1ccc(C2=CN3C(=O)c4cc(OC)c(OCCCOc5cc(N=CC6CC(c7ccc(NC(=O)CNC=O)cc7)=CN6C=O)c(C)cc5OC)cc4N=CC3C2)cc1. The monoisotopic (exact) mass is 826 g/mol. The molecule has 0 radical (unpaired) electrons. The van der Waals surface area contributed by atoms with Crippen molar-refractivity contribution in [2.24, 2.45) is 9.98 Å². The van der Waals surface area contributed by atoms with Gasteiger partial charge in [0.25, 0.3) is 5.91 Å². The van der Waals surface area contributed by atoms with Gasteiger partial charge in [-0.25, -0.2) is 0 Å². The summed E-state index contributed by atoms with van der Waals surface area (Å²) in [4.78, 5) is 60.9. The second kappa shape index (κ2) is 19.1. The van der Waals surface area contributed by atoms with Crippen LogP contribution in [0.15, 0.2) is 95.2 Å². The highest BCUT2D eigenvalue weighted by Crippen LogP contribution is 2.40. The Kier molecular flexibility index (Phi) is 13.1. The minimum atomic E-state index is -0.339. The van der Waals surface area contributed by atoms with Crippen molar-refractivity contribution in [1.82, 2.24) is 15.1 Å². The Bertz CT molecular complexity index is 2410. The number of anilines is 1. The quantitative estimate of drug-likeness (QED) is 0.0646. The van der Waals surface area contributed by atoms with Gasteiger partial charge in [0.05, 0.1) is 70.1 Å². The van der Waals surface area contributed by atoms with Crippen molar-refractivity contribution in [2.45, 2.75) is 38.3 Å². The second-order valence-corrected chi connectivity index (χ2v) is 14.4. The average Bonchev–Trinajstić information content (AvgIpc) is 3.89. The summed E-state index contributed by atoms with van der Waals surface area (Å²) in [6, 6.07) is 21.6. The number of carbonyl (C=O) groups excluding carboxylic acids is 4. The lowest BCUT2D eigenvalue weighted by molar-refractivity contribution is -0.118. The highest BCUT2D eigenvalue weighted by atomic mass is 16.5. The molecule has 0 aliphatic carbocycles. The predicted octanol–water partition coefficient (Wildman–Crippen LogP) is 6.50. The van der Waals surface area contributed by atoms with Crippen LogP contribution in [0.2, 0.25) is 0 Å². The maximum Gasteiger partial charge on any atom is 0.260 e. The van der Waals surface area contributed by atoms with Gasteiger partial charge in [0, 0.05) is 61.9 Å². The van der Waals surface area contributed by atoms with Crippen LogP contribution in [0, 0.1) is 6.92 Å². The number of hydrogen-bond acceptors (Lipinski definition) is 11. The lowest BCUT2D eigenvalue weighted by Gasteiger charge is -2.19. The van der Waals surface area contributed by atoms with Gasteiger partial charge >= 0.3 is 0 Å². The van der Waals surface area contributed by atoms with Crippen LogP contribution in [0.3, 0.4) is 0 Å². The highest BCUT2D eigenvalue weighted by molar-refractivity contribution is 6.05. The highest BCUT2D eigenvalue weighted by Gasteiger charge is 2.33. The Balaban J connectivity index is 0.948. The third-order valence-electron chi connectivity index (χ3n) is 10.5. The Hall–Kier alpha value is -7.42. The summed E-state index contributed by atoms with van der Waals surface area (Å²) in [5.74, 6) is 2.21. The van der Waals surface area contributed by atoms with Crippen LogP contribution in [0.25, 0.3) is 11.1 Å². The number of methoxy groups -OCH3 is 3. The van der Waals surface area contributed by atoms with Gasteiger partial charge < -0.3 is 44.1 Å². The molecule has 15 heteroatoms. The molecule has 4 aromatic rings. The molecule has 0 aromatic heterocycles. The molecular weight excluding hydrogens is 781 g/mol. The predicted molar refractivity (Wildman–Crippen MR) is 232 cm³/mol. The van der Waals surface area contributed by atoms with Gasteiger partial charge in [-0.1, -0.05) is 24.3 Å². The molecule has 15 nitrogen and oxygen atoms in total. The molecule has 3 aliphatic heterocycles. The molecule has 314 valence electrons. The molecule has 3 aliphatic rings. The fourth-order valence-electron chi connectivity index (χ4n) is 7.23. The largest absolute Gasteiger partial charge is 0.497 e. The van der Waals surface area contributed by atoms with Crippen LogP contribution >= 0.6 is 0 Å². The second-order valence-electron chi connectivity index (χ2n) is 14.4. The van der Waals surface area contributed by atoms with Crippen molar-refractivity contribution in [1.29, 1.82) is 0 Å². The van der Waals surface area contributed by atoms with E-state index in [1.54, 1.807) is 66.9 Å². The molecule has 0 bridgehead atoms. The number of hydrogen-bond donors (Lipinski definition) is 2. The zero-order valence-corrected chi connectivity index (χ0v) is 34.3. The smallest absolute Gasteiger partial charge is 0.260 e. The molecular formula is C46H46N6O9. The first kappa shape index (κ1) is 41.7. The molecule has 0 saturated carbocycles. The van der Waals surface area contributed by atoms with E-state index in [1.807, 2.05) is 61.7 Å². The number of aryl methyl sites for hydroxylation is 1. The van der Waals surface area contributed by atoms with Crippen molar-refractivity contribution >= 4 is 65.3 Å². The summed E-state index contributed by atoms with van der Waals surface area (Å²) in [6.45, 7) is 2.40. The Morgan fingerprint density at radius 1 is 0.836 bits per heavy atom. The van der Waals surface area contributed by atoms with E-state index in [0.29, 0.717) is 84.5 Å². The molecule has 2 N–H and O–H groups in total. The van der Waals surface area contributed by atoms with E-state index in [9.17, 15) is 19.2 Å². The van der Waals surface area contributed by atoms with Crippen molar-refractivity contribution in [2.75, 3.05) is 46.4 Å². The first-order valence-electron chi connectivity index (χ1n) is 19.6. The van der Waals surface area contributed by atoms with Crippen molar-refractivity contribution in [3.63, 3.8) is 0 Å².